The molecule has 3 aromatic rings. The van der Waals surface area contributed by atoms with Crippen LogP contribution in [0, 0.1) is 6.92 Å². The smallest absolute Gasteiger partial charge is 0.142 e. The van der Waals surface area contributed by atoms with E-state index >= 15 is 0 Å². The summed E-state index contributed by atoms with van der Waals surface area (Å²) in [6.45, 7) is 2.54. The monoisotopic (exact) mass is 252 g/mol. The van der Waals surface area contributed by atoms with Crippen molar-refractivity contribution in [1.29, 1.82) is 0 Å². The molecule has 0 saturated carbocycles. The van der Waals surface area contributed by atoms with E-state index in [0.29, 0.717) is 6.54 Å². The molecule has 19 heavy (non-hydrogen) atoms. The largest absolute Gasteiger partial charge is 0.327 e. The van der Waals surface area contributed by atoms with Crippen LogP contribution >= 0.6 is 0 Å². The molecule has 0 unspecified atom stereocenters. The first-order valence-corrected chi connectivity index (χ1v) is 6.28. The van der Waals surface area contributed by atoms with Crippen LogP contribution in [0.15, 0.2) is 36.5 Å². The highest BCUT2D eigenvalue weighted by Crippen LogP contribution is 2.25. The predicted octanol–water partition coefficient (Wildman–Crippen LogP) is 2.40. The number of hydrogen-bond acceptors (Lipinski definition) is 3. The molecule has 0 aliphatic heterocycles. The predicted molar refractivity (Wildman–Crippen MR) is 76.6 cm³/mol. The minimum Gasteiger partial charge on any atom is -0.327 e. The molecule has 0 aliphatic carbocycles. The van der Waals surface area contributed by atoms with Gasteiger partial charge in [0.2, 0.25) is 0 Å². The zero-order chi connectivity index (χ0) is 13.4. The summed E-state index contributed by atoms with van der Waals surface area (Å²) in [5, 5.41) is 0. The van der Waals surface area contributed by atoms with Crippen molar-refractivity contribution in [2.24, 2.45) is 12.8 Å². The summed E-state index contributed by atoms with van der Waals surface area (Å²) >= 11 is 0. The summed E-state index contributed by atoms with van der Waals surface area (Å²) in [5.74, 6) is 0.940. The van der Waals surface area contributed by atoms with Gasteiger partial charge < -0.3 is 10.3 Å². The lowest BCUT2D eigenvalue weighted by Crippen LogP contribution is -1.96. The van der Waals surface area contributed by atoms with Crippen LogP contribution in [0.4, 0.5) is 0 Å². The number of fused-ring (bicyclic) bond motifs is 1. The van der Waals surface area contributed by atoms with E-state index in [2.05, 4.69) is 15.6 Å². The van der Waals surface area contributed by atoms with Crippen LogP contribution in [-0.2, 0) is 13.6 Å². The third-order valence-electron chi connectivity index (χ3n) is 3.43. The molecule has 3 rings (SSSR count). The number of rotatable bonds is 2. The van der Waals surface area contributed by atoms with Crippen molar-refractivity contribution in [3.63, 3.8) is 0 Å². The summed E-state index contributed by atoms with van der Waals surface area (Å²) in [7, 11) is 2.03. The molecule has 96 valence electrons. The lowest BCUT2D eigenvalue weighted by atomic mass is 10.2. The Hall–Kier alpha value is -2.20. The molecule has 2 N–H and O–H groups in total. The number of hydrogen-bond donors (Lipinski definition) is 1. The minimum absolute atomic E-state index is 0.535. The van der Waals surface area contributed by atoms with Crippen LogP contribution in [0.25, 0.3) is 22.4 Å². The SMILES string of the molecule is Cc1ncccc1-c1nc2cc(CN)ccc2n1C. The van der Waals surface area contributed by atoms with E-state index in [9.17, 15) is 0 Å². The number of nitrogens with two attached hydrogens (primary N) is 1. The second kappa shape index (κ2) is 4.48. The van der Waals surface area contributed by atoms with E-state index < -0.39 is 0 Å². The van der Waals surface area contributed by atoms with Gasteiger partial charge in [-0.25, -0.2) is 4.98 Å². The fourth-order valence-corrected chi connectivity index (χ4v) is 2.33. The van der Waals surface area contributed by atoms with Gasteiger partial charge in [-0.2, -0.15) is 0 Å². The zero-order valence-electron chi connectivity index (χ0n) is 11.1. The van der Waals surface area contributed by atoms with Gasteiger partial charge in [-0.1, -0.05) is 6.07 Å². The first kappa shape index (κ1) is 11.9. The Labute approximate surface area is 111 Å². The van der Waals surface area contributed by atoms with Crippen LogP contribution < -0.4 is 5.73 Å². The highest BCUT2D eigenvalue weighted by molar-refractivity contribution is 5.81. The average Bonchev–Trinajstić information content (AvgIpc) is 2.76. The van der Waals surface area contributed by atoms with Gasteiger partial charge in [0.15, 0.2) is 0 Å². The number of benzene rings is 1. The quantitative estimate of drug-likeness (QED) is 0.762. The van der Waals surface area contributed by atoms with E-state index in [1.165, 1.54) is 0 Å². The van der Waals surface area contributed by atoms with Gasteiger partial charge >= 0.3 is 0 Å². The van der Waals surface area contributed by atoms with E-state index in [1.807, 2.05) is 38.2 Å². The normalized spacial score (nSPS) is 11.1. The van der Waals surface area contributed by atoms with Crippen molar-refractivity contribution in [3.8, 4) is 11.4 Å². The molecule has 0 bridgehead atoms. The Morgan fingerprint density at radius 3 is 2.84 bits per heavy atom. The minimum atomic E-state index is 0.535. The molecule has 1 aromatic carbocycles. The summed E-state index contributed by atoms with van der Waals surface area (Å²) in [4.78, 5) is 9.05. The highest BCUT2D eigenvalue weighted by atomic mass is 15.1. The standard InChI is InChI=1S/C15H16N4/c1-10-12(4-3-7-17-10)15-18-13-8-11(9-16)5-6-14(13)19(15)2/h3-8H,9,16H2,1-2H3. The molecule has 0 radical (unpaired) electrons. The summed E-state index contributed by atoms with van der Waals surface area (Å²) in [6, 6.07) is 10.1. The fraction of sp³-hybridized carbons (Fsp3) is 0.200. The van der Waals surface area contributed by atoms with Crippen LogP contribution in [0.1, 0.15) is 11.3 Å². The maximum Gasteiger partial charge on any atom is 0.142 e. The Morgan fingerprint density at radius 2 is 2.11 bits per heavy atom. The maximum absolute atomic E-state index is 5.68. The Balaban J connectivity index is 2.25. The molecular weight excluding hydrogens is 236 g/mol. The first-order valence-electron chi connectivity index (χ1n) is 6.28. The molecule has 0 amide bonds. The van der Waals surface area contributed by atoms with E-state index in [-0.39, 0.29) is 0 Å². The molecule has 0 atom stereocenters. The second-order valence-electron chi connectivity index (χ2n) is 4.66. The van der Waals surface area contributed by atoms with Gasteiger partial charge in [-0.15, -0.1) is 0 Å². The van der Waals surface area contributed by atoms with Crippen molar-refractivity contribution < 1.29 is 0 Å². The van der Waals surface area contributed by atoms with Gasteiger partial charge in [0.25, 0.3) is 0 Å². The summed E-state index contributed by atoms with van der Waals surface area (Å²) < 4.78 is 2.10. The van der Waals surface area contributed by atoms with Crippen LogP contribution in [-0.4, -0.2) is 14.5 Å². The van der Waals surface area contributed by atoms with Crippen LogP contribution in [0.2, 0.25) is 0 Å². The van der Waals surface area contributed by atoms with E-state index in [0.717, 1.165) is 33.7 Å². The fourth-order valence-electron chi connectivity index (χ4n) is 2.33. The van der Waals surface area contributed by atoms with Gasteiger partial charge in [0, 0.05) is 31.0 Å². The molecule has 0 spiro atoms. The Morgan fingerprint density at radius 1 is 1.26 bits per heavy atom. The Kier molecular flexibility index (Phi) is 2.80. The maximum atomic E-state index is 5.68. The molecule has 0 fully saturated rings. The molecule has 0 aliphatic rings. The number of pyridine rings is 1. The van der Waals surface area contributed by atoms with Crippen LogP contribution in [0.3, 0.4) is 0 Å². The van der Waals surface area contributed by atoms with Crippen molar-refractivity contribution in [2.75, 3.05) is 0 Å². The summed E-state index contributed by atoms with van der Waals surface area (Å²) in [5.41, 5.74) is 10.9. The van der Waals surface area contributed by atoms with Crippen LogP contribution in [0.5, 0.6) is 0 Å². The van der Waals surface area contributed by atoms with Gasteiger partial charge in [-0.05, 0) is 36.8 Å². The number of aryl methyl sites for hydroxylation is 2. The van der Waals surface area contributed by atoms with Gasteiger partial charge in [-0.3, -0.25) is 4.98 Å². The number of aromatic nitrogens is 3. The molecular formula is C15H16N4. The third-order valence-corrected chi connectivity index (χ3v) is 3.43. The molecule has 2 heterocycles. The van der Waals surface area contributed by atoms with Crippen molar-refractivity contribution in [1.82, 2.24) is 14.5 Å². The van der Waals surface area contributed by atoms with Crippen molar-refractivity contribution in [2.45, 2.75) is 13.5 Å². The highest BCUT2D eigenvalue weighted by Gasteiger charge is 2.12. The third kappa shape index (κ3) is 1.90. The molecule has 4 heteroatoms. The van der Waals surface area contributed by atoms with E-state index in [1.54, 1.807) is 6.20 Å². The summed E-state index contributed by atoms with van der Waals surface area (Å²) in [6.07, 6.45) is 1.80. The molecule has 0 saturated heterocycles. The average molecular weight is 252 g/mol. The van der Waals surface area contributed by atoms with Crippen molar-refractivity contribution >= 4 is 11.0 Å². The first-order chi connectivity index (χ1) is 9.20. The molecule has 4 nitrogen and oxygen atoms in total. The molecule has 2 aromatic heterocycles. The van der Waals surface area contributed by atoms with Gasteiger partial charge in [0.1, 0.15) is 5.82 Å². The van der Waals surface area contributed by atoms with Crippen molar-refractivity contribution in [3.05, 3.63) is 47.8 Å². The van der Waals surface area contributed by atoms with Gasteiger partial charge in [0.05, 0.1) is 11.0 Å². The lowest BCUT2D eigenvalue weighted by molar-refractivity contribution is 0.953. The Bertz CT molecular complexity index is 743. The second-order valence-corrected chi connectivity index (χ2v) is 4.66. The number of imidazole rings is 1. The topological polar surface area (TPSA) is 56.7 Å². The number of nitrogens with zero attached hydrogens (tertiary/aromatic N) is 3. The zero-order valence-corrected chi connectivity index (χ0v) is 11.1. The lowest BCUT2D eigenvalue weighted by Gasteiger charge is -2.04. The van der Waals surface area contributed by atoms with E-state index in [4.69, 9.17) is 10.7 Å².